The Labute approximate surface area is 178 Å². The first kappa shape index (κ1) is 19.0. The van der Waals surface area contributed by atoms with Crippen LogP contribution in [0.1, 0.15) is 103 Å². The largest absolute Gasteiger partial charge is 0.467 e. The molecule has 1 heteroatoms. The van der Waals surface area contributed by atoms with Gasteiger partial charge in [0.15, 0.2) is 0 Å². The van der Waals surface area contributed by atoms with Crippen molar-refractivity contribution >= 4 is 0 Å². The Hall–Kier alpha value is -0.720. The molecule has 1 nitrogen and oxygen atoms in total. The Kier molecular flexibility index (Phi) is 4.52. The van der Waals surface area contributed by atoms with Crippen molar-refractivity contribution in [3.63, 3.8) is 0 Å². The van der Waals surface area contributed by atoms with Crippen molar-refractivity contribution in [2.75, 3.05) is 0 Å². The molecule has 8 aliphatic rings. The number of rotatable bonds is 8. The average molecular weight is 395 g/mol. The number of hydrogen-bond acceptors (Lipinski definition) is 1. The van der Waals surface area contributed by atoms with Crippen LogP contribution in [0.2, 0.25) is 0 Å². The normalized spacial score (nSPS) is 48.8. The molecular weight excluding hydrogens is 352 g/mol. The van der Waals surface area contributed by atoms with Gasteiger partial charge in [0.1, 0.15) is 0 Å². The van der Waals surface area contributed by atoms with E-state index < -0.39 is 0 Å². The Morgan fingerprint density at radius 2 is 0.828 bits per heavy atom. The predicted octanol–water partition coefficient (Wildman–Crippen LogP) is 8.02. The van der Waals surface area contributed by atoms with E-state index in [-0.39, 0.29) is 0 Å². The quantitative estimate of drug-likeness (QED) is 0.379. The van der Waals surface area contributed by atoms with Crippen LogP contribution in [0.5, 0.6) is 0 Å². The molecule has 0 heterocycles. The van der Waals surface area contributed by atoms with Crippen LogP contribution in [0.3, 0.4) is 0 Å². The van der Waals surface area contributed by atoms with E-state index in [0.717, 1.165) is 59.9 Å². The molecule has 0 radical (unpaired) electrons. The minimum Gasteiger partial charge on any atom is -0.467 e. The monoisotopic (exact) mass is 394 g/mol. The van der Waals surface area contributed by atoms with E-state index in [1.807, 2.05) is 0 Å². The van der Waals surface area contributed by atoms with E-state index in [1.165, 1.54) is 89.9 Å². The van der Waals surface area contributed by atoms with Gasteiger partial charge in [0, 0.05) is 12.8 Å². The molecule has 160 valence electrons. The van der Waals surface area contributed by atoms with Crippen molar-refractivity contribution < 1.29 is 4.74 Å². The molecule has 0 N–H and O–H groups in total. The lowest BCUT2D eigenvalue weighted by atomic mass is 9.48. The molecule has 0 aliphatic heterocycles. The fourth-order valence-corrected chi connectivity index (χ4v) is 10.3. The van der Waals surface area contributed by atoms with Gasteiger partial charge in [-0.2, -0.15) is 0 Å². The number of allylic oxidation sites excluding steroid dienone is 2. The average Bonchev–Trinajstić information content (AvgIpc) is 2.63. The molecule has 8 fully saturated rings. The Bertz CT molecular complexity index is 556. The molecule has 0 aromatic carbocycles. The van der Waals surface area contributed by atoms with Gasteiger partial charge in [-0.25, -0.2) is 0 Å². The highest BCUT2D eigenvalue weighted by Crippen LogP contribution is 2.63. The molecule has 0 saturated heterocycles. The molecule has 0 aromatic rings. The molecular formula is C28H42O. The lowest BCUT2D eigenvalue weighted by Gasteiger charge is -2.57. The topological polar surface area (TPSA) is 9.23 Å². The van der Waals surface area contributed by atoms with Crippen molar-refractivity contribution in [2.24, 2.45) is 46.3 Å². The highest BCUT2D eigenvalue weighted by molar-refractivity contribution is 5.05. The van der Waals surface area contributed by atoms with Crippen LogP contribution in [-0.4, -0.2) is 0 Å². The van der Waals surface area contributed by atoms with Crippen molar-refractivity contribution in [1.29, 1.82) is 0 Å². The lowest BCUT2D eigenvalue weighted by Crippen LogP contribution is -2.46. The first-order chi connectivity index (χ1) is 14.0. The molecule has 8 aliphatic carbocycles. The smallest absolute Gasteiger partial charge is 0.0964 e. The summed E-state index contributed by atoms with van der Waals surface area (Å²) in [6, 6.07) is 0. The van der Waals surface area contributed by atoms with Gasteiger partial charge in [-0.05, 0) is 136 Å². The van der Waals surface area contributed by atoms with Gasteiger partial charge < -0.3 is 4.74 Å². The summed E-state index contributed by atoms with van der Waals surface area (Å²) in [5.41, 5.74) is 1.28. The number of hydrogen-bond donors (Lipinski definition) is 0. The van der Waals surface area contributed by atoms with E-state index in [4.69, 9.17) is 4.74 Å². The van der Waals surface area contributed by atoms with E-state index in [0.29, 0.717) is 10.8 Å². The van der Waals surface area contributed by atoms with Crippen LogP contribution < -0.4 is 0 Å². The third kappa shape index (κ3) is 3.63. The fourth-order valence-electron chi connectivity index (χ4n) is 10.3. The zero-order valence-electron chi connectivity index (χ0n) is 18.6. The van der Waals surface area contributed by atoms with E-state index in [2.05, 4.69) is 13.2 Å². The summed E-state index contributed by atoms with van der Waals surface area (Å²) >= 11 is 0. The molecule has 8 rings (SSSR count). The van der Waals surface area contributed by atoms with E-state index >= 15 is 0 Å². The zero-order chi connectivity index (χ0) is 19.6. The second-order valence-electron chi connectivity index (χ2n) is 13.0. The summed E-state index contributed by atoms with van der Waals surface area (Å²) in [6.45, 7) is 8.61. The predicted molar refractivity (Wildman–Crippen MR) is 119 cm³/mol. The molecule has 8 saturated carbocycles. The van der Waals surface area contributed by atoms with Crippen LogP contribution in [-0.2, 0) is 4.74 Å². The first-order valence-corrected chi connectivity index (χ1v) is 13.0. The standard InChI is InChI=1S/C28H42O/c1-19(3-5-27-13-21-7-22(14-27)9-23(8-21)15-27)29-20(2)4-6-28-16-24-10-25(17-28)12-26(11-24)18-28/h21-26H,1-18H2. The van der Waals surface area contributed by atoms with Crippen molar-refractivity contribution in [3.8, 4) is 0 Å². The second-order valence-corrected chi connectivity index (χ2v) is 13.0. The fraction of sp³-hybridized carbons (Fsp3) is 0.857. The molecule has 0 spiro atoms. The second kappa shape index (κ2) is 6.89. The van der Waals surface area contributed by atoms with Crippen molar-refractivity contribution in [1.82, 2.24) is 0 Å². The van der Waals surface area contributed by atoms with Gasteiger partial charge in [0.25, 0.3) is 0 Å². The molecule has 0 unspecified atom stereocenters. The summed E-state index contributed by atoms with van der Waals surface area (Å²) < 4.78 is 6.19. The van der Waals surface area contributed by atoms with Gasteiger partial charge in [-0.1, -0.05) is 13.2 Å². The van der Waals surface area contributed by atoms with Crippen LogP contribution in [0.25, 0.3) is 0 Å². The lowest BCUT2D eigenvalue weighted by molar-refractivity contribution is -0.0595. The van der Waals surface area contributed by atoms with Crippen molar-refractivity contribution in [2.45, 2.75) is 103 Å². The summed E-state index contributed by atoms with van der Waals surface area (Å²) in [5.74, 6) is 8.27. The molecule has 0 atom stereocenters. The minimum atomic E-state index is 0.640. The first-order valence-electron chi connectivity index (χ1n) is 13.0. The Morgan fingerprint density at radius 1 is 0.552 bits per heavy atom. The highest BCUT2D eigenvalue weighted by atomic mass is 16.5. The van der Waals surface area contributed by atoms with Crippen LogP contribution >= 0.6 is 0 Å². The molecule has 0 amide bonds. The van der Waals surface area contributed by atoms with E-state index in [1.54, 1.807) is 0 Å². The Balaban J connectivity index is 0.979. The zero-order valence-corrected chi connectivity index (χ0v) is 18.6. The van der Waals surface area contributed by atoms with Gasteiger partial charge in [-0.15, -0.1) is 0 Å². The SMILES string of the molecule is C=C(CCC12CC3CC(CC(C3)C1)C2)OC(=C)CCC12CC3CC(CC(C3)C1)C2. The van der Waals surface area contributed by atoms with Gasteiger partial charge in [-0.3, -0.25) is 0 Å². The third-order valence-electron chi connectivity index (χ3n) is 10.5. The maximum atomic E-state index is 6.19. The summed E-state index contributed by atoms with van der Waals surface area (Å²) in [4.78, 5) is 0. The minimum absolute atomic E-state index is 0.640. The number of ether oxygens (including phenoxy) is 1. The van der Waals surface area contributed by atoms with Crippen LogP contribution in [0.4, 0.5) is 0 Å². The summed E-state index contributed by atoms with van der Waals surface area (Å²) in [7, 11) is 0. The molecule has 29 heavy (non-hydrogen) atoms. The third-order valence-corrected chi connectivity index (χ3v) is 10.5. The summed E-state index contributed by atoms with van der Waals surface area (Å²) in [5, 5.41) is 0. The molecule has 8 bridgehead atoms. The van der Waals surface area contributed by atoms with Crippen LogP contribution in [0.15, 0.2) is 24.7 Å². The maximum Gasteiger partial charge on any atom is 0.0964 e. The van der Waals surface area contributed by atoms with Crippen LogP contribution in [0, 0.1) is 46.3 Å². The molecule has 0 aromatic heterocycles. The van der Waals surface area contributed by atoms with E-state index in [9.17, 15) is 0 Å². The van der Waals surface area contributed by atoms with Gasteiger partial charge >= 0.3 is 0 Å². The highest BCUT2D eigenvalue weighted by Gasteiger charge is 2.51. The van der Waals surface area contributed by atoms with Gasteiger partial charge in [0.05, 0.1) is 11.5 Å². The summed E-state index contributed by atoms with van der Waals surface area (Å²) in [6.07, 6.45) is 23.0. The maximum absolute atomic E-state index is 6.19. The van der Waals surface area contributed by atoms with Gasteiger partial charge in [0.2, 0.25) is 0 Å². The van der Waals surface area contributed by atoms with Crippen molar-refractivity contribution in [3.05, 3.63) is 24.7 Å². The Morgan fingerprint density at radius 3 is 1.10 bits per heavy atom.